The van der Waals surface area contributed by atoms with Crippen molar-refractivity contribution in [2.24, 2.45) is 0 Å². The van der Waals surface area contributed by atoms with Crippen LogP contribution >= 0.6 is 0 Å². The second kappa shape index (κ2) is 8.64. The number of ether oxygens (including phenoxy) is 3. The summed E-state index contributed by atoms with van der Waals surface area (Å²) in [5.41, 5.74) is 1.12. The number of unbranched alkanes of at least 4 members (excludes halogenated alkanes) is 2. The van der Waals surface area contributed by atoms with Gasteiger partial charge in [-0.15, -0.1) is 5.10 Å². The van der Waals surface area contributed by atoms with Crippen LogP contribution in [0.3, 0.4) is 0 Å². The van der Waals surface area contributed by atoms with Gasteiger partial charge < -0.3 is 18.6 Å². The fraction of sp³-hybridized carbons (Fsp3) is 0.286. The quantitative estimate of drug-likeness (QED) is 0.569. The van der Waals surface area contributed by atoms with Gasteiger partial charge in [0.25, 0.3) is 5.91 Å². The second-order valence-electron chi connectivity index (χ2n) is 6.52. The molecule has 2 aromatic carbocycles. The van der Waals surface area contributed by atoms with Gasteiger partial charge in [0.05, 0.1) is 6.61 Å². The fourth-order valence-corrected chi connectivity index (χ4v) is 2.86. The summed E-state index contributed by atoms with van der Waals surface area (Å²) < 4.78 is 21.9. The van der Waals surface area contributed by atoms with E-state index in [1.165, 1.54) is 0 Å². The van der Waals surface area contributed by atoms with Crippen molar-refractivity contribution in [3.05, 3.63) is 48.0 Å². The van der Waals surface area contributed by atoms with E-state index in [0.29, 0.717) is 35.0 Å². The van der Waals surface area contributed by atoms with Crippen molar-refractivity contribution >= 4 is 11.9 Å². The van der Waals surface area contributed by atoms with Crippen molar-refractivity contribution in [1.82, 2.24) is 10.2 Å². The number of amides is 1. The van der Waals surface area contributed by atoms with Crippen LogP contribution in [-0.2, 0) is 0 Å². The van der Waals surface area contributed by atoms with Gasteiger partial charge in [0, 0.05) is 11.1 Å². The third-order valence-electron chi connectivity index (χ3n) is 4.38. The minimum atomic E-state index is -0.357. The Morgan fingerprint density at radius 2 is 2.00 bits per heavy atom. The lowest BCUT2D eigenvalue weighted by Crippen LogP contribution is -2.12. The Kier molecular flexibility index (Phi) is 5.60. The van der Waals surface area contributed by atoms with Crippen LogP contribution in [-0.4, -0.2) is 29.5 Å². The van der Waals surface area contributed by atoms with Gasteiger partial charge in [0.1, 0.15) is 5.75 Å². The first kappa shape index (κ1) is 18.8. The number of nitrogens with one attached hydrogen (secondary N) is 1. The summed E-state index contributed by atoms with van der Waals surface area (Å²) in [6.45, 7) is 2.95. The van der Waals surface area contributed by atoms with E-state index < -0.39 is 0 Å². The molecule has 150 valence electrons. The summed E-state index contributed by atoms with van der Waals surface area (Å²) in [6, 6.07) is 12.3. The van der Waals surface area contributed by atoms with Crippen molar-refractivity contribution in [3.63, 3.8) is 0 Å². The van der Waals surface area contributed by atoms with Gasteiger partial charge in [-0.25, -0.2) is 0 Å². The molecule has 8 heteroatoms. The molecule has 8 nitrogen and oxygen atoms in total. The molecule has 0 atom stereocenters. The molecule has 0 saturated carbocycles. The Bertz CT molecular complexity index is 1000. The van der Waals surface area contributed by atoms with Crippen molar-refractivity contribution < 1.29 is 23.4 Å². The molecule has 0 fully saturated rings. The molecule has 1 aliphatic heterocycles. The van der Waals surface area contributed by atoms with Crippen LogP contribution in [0.2, 0.25) is 0 Å². The third-order valence-corrected chi connectivity index (χ3v) is 4.38. The largest absolute Gasteiger partial charge is 0.494 e. The summed E-state index contributed by atoms with van der Waals surface area (Å²) in [7, 11) is 0. The molecule has 0 bridgehead atoms. The molecule has 1 aliphatic rings. The van der Waals surface area contributed by atoms with E-state index in [9.17, 15) is 4.79 Å². The maximum Gasteiger partial charge on any atom is 0.322 e. The molecule has 0 saturated heterocycles. The van der Waals surface area contributed by atoms with Gasteiger partial charge in [0.2, 0.25) is 12.7 Å². The zero-order chi connectivity index (χ0) is 20.1. The van der Waals surface area contributed by atoms with Crippen LogP contribution in [0.25, 0.3) is 11.5 Å². The van der Waals surface area contributed by atoms with Crippen LogP contribution in [0.5, 0.6) is 17.2 Å². The highest BCUT2D eigenvalue weighted by Crippen LogP contribution is 2.35. The Balaban J connectivity index is 1.40. The average Bonchev–Trinajstić information content (AvgIpc) is 3.40. The zero-order valence-electron chi connectivity index (χ0n) is 16.0. The van der Waals surface area contributed by atoms with Crippen LogP contribution in [0.4, 0.5) is 6.01 Å². The highest BCUT2D eigenvalue weighted by molar-refractivity contribution is 6.03. The van der Waals surface area contributed by atoms with Crippen LogP contribution in [0.15, 0.2) is 46.9 Å². The summed E-state index contributed by atoms with van der Waals surface area (Å²) in [6.07, 6.45) is 3.23. The molecule has 1 amide bonds. The highest BCUT2D eigenvalue weighted by Gasteiger charge is 2.18. The molecule has 3 aromatic rings. The minimum Gasteiger partial charge on any atom is -0.494 e. The van der Waals surface area contributed by atoms with Crippen LogP contribution in [0, 0.1) is 0 Å². The molecule has 0 aliphatic carbocycles. The molecule has 0 spiro atoms. The van der Waals surface area contributed by atoms with E-state index >= 15 is 0 Å². The number of carbonyl (C=O) groups is 1. The lowest BCUT2D eigenvalue weighted by Gasteiger charge is -2.07. The van der Waals surface area contributed by atoms with E-state index in [1.54, 1.807) is 36.4 Å². The van der Waals surface area contributed by atoms with Gasteiger partial charge in [-0.1, -0.05) is 30.9 Å². The number of aromatic nitrogens is 2. The zero-order valence-corrected chi connectivity index (χ0v) is 16.0. The second-order valence-corrected chi connectivity index (χ2v) is 6.52. The third kappa shape index (κ3) is 4.48. The topological polar surface area (TPSA) is 95.7 Å². The maximum absolute atomic E-state index is 12.5. The molecular formula is C21H21N3O5. The average molecular weight is 395 g/mol. The molecule has 1 N–H and O–H groups in total. The Morgan fingerprint density at radius 3 is 2.90 bits per heavy atom. The van der Waals surface area contributed by atoms with Gasteiger partial charge in [-0.3, -0.25) is 10.1 Å². The lowest BCUT2D eigenvalue weighted by molar-refractivity contribution is 0.102. The van der Waals surface area contributed by atoms with E-state index in [-0.39, 0.29) is 24.6 Å². The minimum absolute atomic E-state index is 0.0111. The SMILES string of the molecule is CCCCCOc1cccc(C(=O)Nc2nnc(-c3ccc4c(c3)OCO4)o2)c1. The standard InChI is InChI=1S/C21H21N3O5/c1-2-3-4-10-26-16-7-5-6-14(11-16)19(25)22-21-24-23-20(29-21)15-8-9-17-18(12-15)28-13-27-17/h5-9,11-12H,2-4,10,13H2,1H3,(H,22,24,25). The normalized spacial score (nSPS) is 12.0. The fourth-order valence-electron chi connectivity index (χ4n) is 2.86. The molecule has 1 aromatic heterocycles. The summed E-state index contributed by atoms with van der Waals surface area (Å²) in [5.74, 6) is 1.84. The smallest absolute Gasteiger partial charge is 0.322 e. The van der Waals surface area contributed by atoms with E-state index in [2.05, 4.69) is 22.4 Å². The van der Waals surface area contributed by atoms with E-state index in [1.807, 2.05) is 6.07 Å². The Labute approximate surface area is 167 Å². The van der Waals surface area contributed by atoms with Gasteiger partial charge >= 0.3 is 6.01 Å². The van der Waals surface area contributed by atoms with Crippen molar-refractivity contribution in [2.45, 2.75) is 26.2 Å². The van der Waals surface area contributed by atoms with Crippen LogP contribution < -0.4 is 19.5 Å². The molecule has 0 radical (unpaired) electrons. The van der Waals surface area contributed by atoms with Crippen molar-refractivity contribution in [3.8, 4) is 28.7 Å². The molecule has 0 unspecified atom stereocenters. The Hall–Kier alpha value is -3.55. The summed E-state index contributed by atoms with van der Waals surface area (Å²) >= 11 is 0. The molecular weight excluding hydrogens is 374 g/mol. The first-order chi connectivity index (χ1) is 14.2. The number of rotatable bonds is 8. The lowest BCUT2D eigenvalue weighted by atomic mass is 10.2. The molecule has 29 heavy (non-hydrogen) atoms. The number of fused-ring (bicyclic) bond motifs is 1. The highest BCUT2D eigenvalue weighted by atomic mass is 16.7. The number of nitrogens with zero attached hydrogens (tertiary/aromatic N) is 2. The van der Waals surface area contributed by atoms with Gasteiger partial charge in [-0.2, -0.15) is 0 Å². The number of hydrogen-bond acceptors (Lipinski definition) is 7. The summed E-state index contributed by atoms with van der Waals surface area (Å²) in [4.78, 5) is 12.5. The number of carbonyl (C=O) groups excluding carboxylic acids is 1. The predicted octanol–water partition coefficient (Wildman–Crippen LogP) is 4.29. The Morgan fingerprint density at radius 1 is 1.10 bits per heavy atom. The van der Waals surface area contributed by atoms with Crippen molar-refractivity contribution in [1.29, 1.82) is 0 Å². The van der Waals surface area contributed by atoms with E-state index in [0.717, 1.165) is 19.3 Å². The number of hydrogen-bond donors (Lipinski definition) is 1. The first-order valence-corrected chi connectivity index (χ1v) is 9.50. The number of benzene rings is 2. The monoisotopic (exact) mass is 395 g/mol. The molecule has 4 rings (SSSR count). The van der Waals surface area contributed by atoms with Crippen molar-refractivity contribution in [2.75, 3.05) is 18.7 Å². The van der Waals surface area contributed by atoms with Gasteiger partial charge in [0.15, 0.2) is 11.5 Å². The molecule has 2 heterocycles. The predicted molar refractivity (Wildman–Crippen MR) is 105 cm³/mol. The van der Waals surface area contributed by atoms with E-state index in [4.69, 9.17) is 18.6 Å². The van der Waals surface area contributed by atoms with Gasteiger partial charge in [-0.05, 0) is 42.8 Å². The van der Waals surface area contributed by atoms with Crippen LogP contribution in [0.1, 0.15) is 36.5 Å². The number of anilines is 1. The maximum atomic E-state index is 12.5. The summed E-state index contributed by atoms with van der Waals surface area (Å²) in [5, 5.41) is 10.5. The first-order valence-electron chi connectivity index (χ1n) is 9.50.